The molecule has 0 radical (unpaired) electrons. The average Bonchev–Trinajstić information content (AvgIpc) is 2.79. The Bertz CT molecular complexity index is 1150. The number of methoxy groups -OCH3 is 1. The maximum atomic E-state index is 13.2. The molecule has 0 saturated heterocycles. The molecule has 168 valence electrons. The van der Waals surface area contributed by atoms with Crippen molar-refractivity contribution in [2.75, 3.05) is 7.11 Å². The zero-order valence-electron chi connectivity index (χ0n) is 17.8. The summed E-state index contributed by atoms with van der Waals surface area (Å²) < 4.78 is 33.8. The fraction of sp³-hybridized carbons (Fsp3) is 0.208. The zero-order chi connectivity index (χ0) is 23.1. The molecule has 0 fully saturated rings. The normalized spacial score (nSPS) is 13.2. The molecule has 0 aromatic heterocycles. The second kappa shape index (κ2) is 10.6. The molecule has 0 spiro atoms. The van der Waals surface area contributed by atoms with E-state index in [9.17, 15) is 13.2 Å². The average molecular weight is 473 g/mol. The number of carbonyl (C=O) groups excluding carboxylic acids is 1. The third-order valence-corrected chi connectivity index (χ3v) is 6.72. The Morgan fingerprint density at radius 2 is 1.59 bits per heavy atom. The maximum Gasteiger partial charge on any atom is 0.241 e. The molecule has 2 N–H and O–H groups in total. The summed E-state index contributed by atoms with van der Waals surface area (Å²) in [7, 11) is -2.39. The number of hydrogen-bond acceptors (Lipinski definition) is 4. The van der Waals surface area contributed by atoms with Crippen LogP contribution in [0.1, 0.15) is 24.1 Å². The highest BCUT2D eigenvalue weighted by atomic mass is 35.5. The fourth-order valence-electron chi connectivity index (χ4n) is 3.32. The molecule has 2 atom stereocenters. The first-order valence-corrected chi connectivity index (χ1v) is 11.9. The Labute approximate surface area is 193 Å². The maximum absolute atomic E-state index is 13.2. The van der Waals surface area contributed by atoms with Crippen LogP contribution in [0, 0.1) is 0 Å². The van der Waals surface area contributed by atoms with Gasteiger partial charge in [0.25, 0.3) is 0 Å². The van der Waals surface area contributed by atoms with Gasteiger partial charge in [-0.05, 0) is 49.2 Å². The van der Waals surface area contributed by atoms with Crippen molar-refractivity contribution < 1.29 is 17.9 Å². The minimum Gasteiger partial charge on any atom is -0.496 e. The van der Waals surface area contributed by atoms with Crippen molar-refractivity contribution in [3.63, 3.8) is 0 Å². The van der Waals surface area contributed by atoms with Crippen molar-refractivity contribution in [2.45, 2.75) is 30.3 Å². The van der Waals surface area contributed by atoms with Crippen LogP contribution in [0.4, 0.5) is 0 Å². The molecule has 0 unspecified atom stereocenters. The van der Waals surface area contributed by atoms with Crippen LogP contribution in [-0.2, 0) is 21.2 Å². The van der Waals surface area contributed by atoms with Gasteiger partial charge in [0.2, 0.25) is 15.9 Å². The standard InChI is InChI=1S/C24H25ClN2O4S/c1-17(21-10-6-7-11-23(21)31-2)26-24(28)22(16-18-8-4-3-5-9-18)27-32(29,30)20-14-12-19(25)13-15-20/h3-15,17,22,27H,16H2,1-2H3,(H,26,28)/t17-,22+/m0/s1. The Morgan fingerprint density at radius 1 is 0.969 bits per heavy atom. The summed E-state index contributed by atoms with van der Waals surface area (Å²) in [5.41, 5.74) is 1.62. The van der Waals surface area contributed by atoms with E-state index in [-0.39, 0.29) is 11.3 Å². The molecular formula is C24H25ClN2O4S. The van der Waals surface area contributed by atoms with E-state index in [1.807, 2.05) is 61.5 Å². The van der Waals surface area contributed by atoms with Crippen LogP contribution in [0.3, 0.4) is 0 Å². The number of rotatable bonds is 9. The van der Waals surface area contributed by atoms with Crippen molar-refractivity contribution in [1.29, 1.82) is 0 Å². The lowest BCUT2D eigenvalue weighted by Gasteiger charge is -2.23. The molecule has 0 aliphatic heterocycles. The number of halogens is 1. The zero-order valence-corrected chi connectivity index (χ0v) is 19.4. The van der Waals surface area contributed by atoms with Crippen molar-refractivity contribution in [2.24, 2.45) is 0 Å². The van der Waals surface area contributed by atoms with Gasteiger partial charge < -0.3 is 10.1 Å². The number of nitrogens with one attached hydrogen (secondary N) is 2. The first-order chi connectivity index (χ1) is 15.3. The molecule has 0 bridgehead atoms. The van der Waals surface area contributed by atoms with Crippen molar-refractivity contribution in [3.05, 3.63) is 95.0 Å². The number of carbonyl (C=O) groups is 1. The summed E-state index contributed by atoms with van der Waals surface area (Å²) in [4.78, 5) is 13.2. The van der Waals surface area contributed by atoms with Crippen LogP contribution in [0.5, 0.6) is 5.75 Å². The van der Waals surface area contributed by atoms with Crippen LogP contribution < -0.4 is 14.8 Å². The van der Waals surface area contributed by atoms with E-state index < -0.39 is 28.0 Å². The molecule has 1 amide bonds. The Balaban J connectivity index is 1.85. The summed E-state index contributed by atoms with van der Waals surface area (Å²) in [6.07, 6.45) is 0.193. The van der Waals surface area contributed by atoms with Crippen LogP contribution in [0.15, 0.2) is 83.8 Å². The van der Waals surface area contributed by atoms with Crippen molar-refractivity contribution in [3.8, 4) is 5.75 Å². The summed E-state index contributed by atoms with van der Waals surface area (Å²) in [6, 6.07) is 21.0. The Hall–Kier alpha value is -2.87. The highest BCUT2D eigenvalue weighted by Crippen LogP contribution is 2.24. The highest BCUT2D eigenvalue weighted by molar-refractivity contribution is 7.89. The molecule has 6 nitrogen and oxygen atoms in total. The second-order valence-corrected chi connectivity index (χ2v) is 9.44. The van der Waals surface area contributed by atoms with Gasteiger partial charge >= 0.3 is 0 Å². The third kappa shape index (κ3) is 6.09. The van der Waals surface area contributed by atoms with Gasteiger partial charge in [-0.1, -0.05) is 60.1 Å². The van der Waals surface area contributed by atoms with Gasteiger partial charge in [0.05, 0.1) is 18.0 Å². The largest absolute Gasteiger partial charge is 0.496 e. The van der Waals surface area contributed by atoms with E-state index in [2.05, 4.69) is 10.0 Å². The number of ether oxygens (including phenoxy) is 1. The van der Waals surface area contributed by atoms with Crippen molar-refractivity contribution >= 4 is 27.5 Å². The van der Waals surface area contributed by atoms with E-state index in [1.165, 1.54) is 24.3 Å². The highest BCUT2D eigenvalue weighted by Gasteiger charge is 2.27. The fourth-order valence-corrected chi connectivity index (χ4v) is 4.64. The number of benzene rings is 3. The molecule has 3 rings (SSSR count). The Morgan fingerprint density at radius 3 is 2.25 bits per heavy atom. The van der Waals surface area contributed by atoms with Gasteiger partial charge in [-0.25, -0.2) is 8.42 Å². The van der Waals surface area contributed by atoms with Gasteiger partial charge in [0, 0.05) is 10.6 Å². The lowest BCUT2D eigenvalue weighted by molar-refractivity contribution is -0.123. The van der Waals surface area contributed by atoms with Gasteiger partial charge in [-0.15, -0.1) is 0 Å². The summed E-state index contributed by atoms with van der Waals surface area (Å²) in [5, 5.41) is 3.33. The van der Waals surface area contributed by atoms with Crippen LogP contribution in [0.2, 0.25) is 5.02 Å². The van der Waals surface area contributed by atoms with E-state index in [4.69, 9.17) is 16.3 Å². The molecule has 0 saturated carbocycles. The minimum atomic E-state index is -3.95. The quantitative estimate of drug-likeness (QED) is 0.490. The number of hydrogen-bond donors (Lipinski definition) is 2. The minimum absolute atomic E-state index is 0.0329. The van der Waals surface area contributed by atoms with E-state index in [0.29, 0.717) is 10.8 Å². The van der Waals surface area contributed by atoms with Gasteiger partial charge in [0.15, 0.2) is 0 Å². The van der Waals surface area contributed by atoms with Gasteiger partial charge in [-0.3, -0.25) is 4.79 Å². The molecule has 0 aliphatic carbocycles. The smallest absolute Gasteiger partial charge is 0.241 e. The molecule has 3 aromatic carbocycles. The molecule has 3 aromatic rings. The van der Waals surface area contributed by atoms with Gasteiger partial charge in [0.1, 0.15) is 11.8 Å². The topological polar surface area (TPSA) is 84.5 Å². The van der Waals surface area contributed by atoms with Gasteiger partial charge in [-0.2, -0.15) is 4.72 Å². The first-order valence-electron chi connectivity index (χ1n) is 10.1. The lowest BCUT2D eigenvalue weighted by atomic mass is 10.0. The monoisotopic (exact) mass is 472 g/mol. The van der Waals surface area contributed by atoms with Crippen LogP contribution >= 0.6 is 11.6 Å². The molecule has 0 aliphatic rings. The summed E-state index contributed by atoms with van der Waals surface area (Å²) in [6.45, 7) is 1.82. The van der Waals surface area contributed by atoms with Crippen molar-refractivity contribution in [1.82, 2.24) is 10.0 Å². The molecular weight excluding hydrogens is 448 g/mol. The third-order valence-electron chi connectivity index (χ3n) is 4.98. The van der Waals surface area contributed by atoms with Crippen LogP contribution in [-0.4, -0.2) is 27.5 Å². The Kier molecular flexibility index (Phi) is 7.90. The molecule has 32 heavy (non-hydrogen) atoms. The summed E-state index contributed by atoms with van der Waals surface area (Å²) in [5.74, 6) is 0.200. The molecule has 0 heterocycles. The second-order valence-electron chi connectivity index (χ2n) is 7.29. The number of sulfonamides is 1. The summed E-state index contributed by atoms with van der Waals surface area (Å²) >= 11 is 5.88. The SMILES string of the molecule is COc1ccccc1[C@H](C)NC(=O)[C@@H](Cc1ccccc1)NS(=O)(=O)c1ccc(Cl)cc1. The predicted molar refractivity (Wildman–Crippen MR) is 125 cm³/mol. The lowest BCUT2D eigenvalue weighted by Crippen LogP contribution is -2.48. The number of amides is 1. The van der Waals surface area contributed by atoms with E-state index in [1.54, 1.807) is 7.11 Å². The van der Waals surface area contributed by atoms with E-state index in [0.717, 1.165) is 11.1 Å². The predicted octanol–water partition coefficient (Wildman–Crippen LogP) is 4.12. The molecule has 8 heteroatoms. The van der Waals surface area contributed by atoms with E-state index >= 15 is 0 Å². The number of para-hydroxylation sites is 1. The van der Waals surface area contributed by atoms with Crippen LogP contribution in [0.25, 0.3) is 0 Å². The first kappa shape index (κ1) is 23.8.